The van der Waals surface area contributed by atoms with Crippen molar-refractivity contribution in [2.24, 2.45) is 0 Å². The number of nitrogens with zero attached hydrogens (tertiary/aromatic N) is 2. The predicted molar refractivity (Wildman–Crippen MR) is 81.0 cm³/mol. The normalized spacial score (nSPS) is 21.9. The maximum atomic E-state index is 5.91. The quantitative estimate of drug-likeness (QED) is 0.908. The number of hydrogen-bond acceptors (Lipinski definition) is 4. The second-order valence-electron chi connectivity index (χ2n) is 5.22. The molecule has 1 aromatic carbocycles. The highest BCUT2D eigenvalue weighted by Gasteiger charge is 2.34. The first-order valence-corrected chi connectivity index (χ1v) is 7.14. The molecule has 4 nitrogen and oxygen atoms in total. The van der Waals surface area contributed by atoms with Crippen LogP contribution in [0.25, 0.3) is 0 Å². The van der Waals surface area contributed by atoms with E-state index >= 15 is 0 Å². The van der Waals surface area contributed by atoms with Gasteiger partial charge < -0.3 is 10.6 Å². The average molecular weight is 289 g/mol. The summed E-state index contributed by atoms with van der Waals surface area (Å²) < 4.78 is 0. The van der Waals surface area contributed by atoms with Gasteiger partial charge in [0, 0.05) is 6.54 Å². The molecule has 0 spiro atoms. The molecule has 0 amide bonds. The predicted octanol–water partition coefficient (Wildman–Crippen LogP) is 2.52. The average Bonchev–Trinajstić information content (AvgIpc) is 2.88. The van der Waals surface area contributed by atoms with Crippen molar-refractivity contribution in [2.75, 3.05) is 18.4 Å². The smallest absolute Gasteiger partial charge is 0.149 e. The van der Waals surface area contributed by atoms with Gasteiger partial charge >= 0.3 is 0 Å². The molecule has 5 heteroatoms. The molecule has 0 radical (unpaired) electrons. The molecule has 1 saturated heterocycles. The van der Waals surface area contributed by atoms with Crippen molar-refractivity contribution >= 4 is 17.4 Å². The monoisotopic (exact) mass is 288 g/mol. The van der Waals surface area contributed by atoms with Crippen LogP contribution in [0, 0.1) is 0 Å². The van der Waals surface area contributed by atoms with E-state index < -0.39 is 0 Å². The van der Waals surface area contributed by atoms with Crippen LogP contribution >= 0.6 is 11.6 Å². The van der Waals surface area contributed by atoms with Crippen molar-refractivity contribution in [2.45, 2.75) is 18.4 Å². The molecule has 104 valence electrons. The topological polar surface area (TPSA) is 49.8 Å². The zero-order valence-corrected chi connectivity index (χ0v) is 11.9. The van der Waals surface area contributed by atoms with Gasteiger partial charge in [-0.25, -0.2) is 4.98 Å². The summed E-state index contributed by atoms with van der Waals surface area (Å²) in [5, 5.41) is 7.36. The molecule has 1 atom stereocenters. The van der Waals surface area contributed by atoms with E-state index in [1.54, 1.807) is 12.4 Å². The summed E-state index contributed by atoms with van der Waals surface area (Å²) in [5.41, 5.74) is 1.29. The van der Waals surface area contributed by atoms with E-state index in [0.29, 0.717) is 5.15 Å². The SMILES string of the molecule is Clc1cncc(N[C@]2(Cc3ccccc3)CCNC2)n1. The third-order valence-electron chi connectivity index (χ3n) is 3.63. The molecule has 0 bridgehead atoms. The fourth-order valence-corrected chi connectivity index (χ4v) is 2.85. The van der Waals surface area contributed by atoms with Crippen LogP contribution < -0.4 is 10.6 Å². The van der Waals surface area contributed by atoms with E-state index in [1.165, 1.54) is 5.56 Å². The lowest BCUT2D eigenvalue weighted by Crippen LogP contribution is -2.43. The Morgan fingerprint density at radius 2 is 2.10 bits per heavy atom. The van der Waals surface area contributed by atoms with Crippen LogP contribution in [-0.2, 0) is 6.42 Å². The number of benzene rings is 1. The van der Waals surface area contributed by atoms with Crippen LogP contribution in [0.2, 0.25) is 5.15 Å². The molecule has 0 aliphatic carbocycles. The van der Waals surface area contributed by atoms with Crippen LogP contribution in [0.5, 0.6) is 0 Å². The Bertz CT molecular complexity index is 567. The van der Waals surface area contributed by atoms with Crippen molar-refractivity contribution < 1.29 is 0 Å². The lowest BCUT2D eigenvalue weighted by Gasteiger charge is -2.30. The van der Waals surface area contributed by atoms with E-state index in [-0.39, 0.29) is 5.54 Å². The highest BCUT2D eigenvalue weighted by Crippen LogP contribution is 2.25. The van der Waals surface area contributed by atoms with E-state index in [4.69, 9.17) is 11.6 Å². The Hall–Kier alpha value is -1.65. The standard InChI is InChI=1S/C15H17ClN4/c16-13-9-18-10-14(19-13)20-15(6-7-17-11-15)8-12-4-2-1-3-5-12/h1-5,9-10,17H,6-8,11H2,(H,19,20)/t15-/m0/s1. The van der Waals surface area contributed by atoms with Gasteiger partial charge in [-0.15, -0.1) is 0 Å². The first kappa shape index (κ1) is 13.3. The highest BCUT2D eigenvalue weighted by molar-refractivity contribution is 6.29. The Morgan fingerprint density at radius 1 is 1.25 bits per heavy atom. The summed E-state index contributed by atoms with van der Waals surface area (Å²) in [6.07, 6.45) is 5.27. The molecule has 2 aromatic rings. The highest BCUT2D eigenvalue weighted by atomic mass is 35.5. The summed E-state index contributed by atoms with van der Waals surface area (Å²) in [5.74, 6) is 0.733. The Morgan fingerprint density at radius 3 is 2.80 bits per heavy atom. The fraction of sp³-hybridized carbons (Fsp3) is 0.333. The maximum absolute atomic E-state index is 5.91. The van der Waals surface area contributed by atoms with E-state index in [1.807, 2.05) is 6.07 Å². The van der Waals surface area contributed by atoms with Crippen molar-refractivity contribution in [1.82, 2.24) is 15.3 Å². The van der Waals surface area contributed by atoms with Gasteiger partial charge in [0.1, 0.15) is 11.0 Å². The van der Waals surface area contributed by atoms with Gasteiger partial charge in [0.05, 0.1) is 17.9 Å². The number of halogens is 1. The molecule has 2 N–H and O–H groups in total. The van der Waals surface area contributed by atoms with Gasteiger partial charge in [-0.1, -0.05) is 41.9 Å². The van der Waals surface area contributed by atoms with E-state index in [9.17, 15) is 0 Å². The zero-order valence-electron chi connectivity index (χ0n) is 11.1. The minimum atomic E-state index is -0.0271. The fourth-order valence-electron chi connectivity index (χ4n) is 2.71. The van der Waals surface area contributed by atoms with Crippen molar-refractivity contribution in [3.63, 3.8) is 0 Å². The number of anilines is 1. The lowest BCUT2D eigenvalue weighted by molar-refractivity contribution is 0.506. The lowest BCUT2D eigenvalue weighted by atomic mass is 9.90. The molecule has 1 aliphatic rings. The largest absolute Gasteiger partial charge is 0.362 e. The van der Waals surface area contributed by atoms with Gasteiger partial charge in [0.15, 0.2) is 0 Å². The van der Waals surface area contributed by atoms with Gasteiger partial charge in [-0.2, -0.15) is 0 Å². The number of hydrogen-bond donors (Lipinski definition) is 2. The number of nitrogens with one attached hydrogen (secondary N) is 2. The van der Waals surface area contributed by atoms with E-state index in [2.05, 4.69) is 44.9 Å². The van der Waals surface area contributed by atoms with Crippen LogP contribution in [0.1, 0.15) is 12.0 Å². The summed E-state index contributed by atoms with van der Waals surface area (Å²) >= 11 is 5.91. The van der Waals surface area contributed by atoms with Crippen molar-refractivity contribution in [3.05, 3.63) is 53.4 Å². The number of aromatic nitrogens is 2. The van der Waals surface area contributed by atoms with Crippen LogP contribution in [-0.4, -0.2) is 28.6 Å². The molecule has 1 aromatic heterocycles. The summed E-state index contributed by atoms with van der Waals surface area (Å²) in [6.45, 7) is 1.92. The van der Waals surface area contributed by atoms with Crippen molar-refractivity contribution in [3.8, 4) is 0 Å². The zero-order chi connectivity index (χ0) is 13.8. The molecule has 1 fully saturated rings. The maximum Gasteiger partial charge on any atom is 0.149 e. The van der Waals surface area contributed by atoms with Gasteiger partial charge in [-0.3, -0.25) is 4.98 Å². The second kappa shape index (κ2) is 5.77. The Kier molecular flexibility index (Phi) is 3.85. The molecule has 0 saturated carbocycles. The molecule has 20 heavy (non-hydrogen) atoms. The first-order valence-electron chi connectivity index (χ1n) is 6.76. The molecular formula is C15H17ClN4. The Labute approximate surface area is 123 Å². The second-order valence-corrected chi connectivity index (χ2v) is 5.61. The van der Waals surface area contributed by atoms with Gasteiger partial charge in [0.25, 0.3) is 0 Å². The van der Waals surface area contributed by atoms with Crippen LogP contribution in [0.3, 0.4) is 0 Å². The summed E-state index contributed by atoms with van der Waals surface area (Å²) in [6, 6.07) is 10.5. The molecule has 2 heterocycles. The molecule has 1 aliphatic heterocycles. The Balaban J connectivity index is 1.81. The summed E-state index contributed by atoms with van der Waals surface area (Å²) in [4.78, 5) is 8.37. The third kappa shape index (κ3) is 3.08. The van der Waals surface area contributed by atoms with Crippen LogP contribution in [0.4, 0.5) is 5.82 Å². The van der Waals surface area contributed by atoms with Gasteiger partial charge in [-0.05, 0) is 24.9 Å². The number of rotatable bonds is 4. The third-order valence-corrected chi connectivity index (χ3v) is 3.81. The summed E-state index contributed by atoms with van der Waals surface area (Å²) in [7, 11) is 0. The minimum Gasteiger partial charge on any atom is -0.362 e. The first-order chi connectivity index (χ1) is 9.76. The van der Waals surface area contributed by atoms with Crippen LogP contribution in [0.15, 0.2) is 42.7 Å². The van der Waals surface area contributed by atoms with Crippen molar-refractivity contribution in [1.29, 1.82) is 0 Å². The molecular weight excluding hydrogens is 272 g/mol. The molecule has 3 rings (SSSR count). The van der Waals surface area contributed by atoms with Gasteiger partial charge in [0.2, 0.25) is 0 Å². The minimum absolute atomic E-state index is 0.0271. The molecule has 0 unspecified atom stereocenters. The van der Waals surface area contributed by atoms with E-state index in [0.717, 1.165) is 31.7 Å².